The molecule has 0 bridgehead atoms. The predicted molar refractivity (Wildman–Crippen MR) is 58.0 cm³/mol. The summed E-state index contributed by atoms with van der Waals surface area (Å²) in [7, 11) is 0. The van der Waals surface area contributed by atoms with E-state index in [0.717, 1.165) is 0 Å². The van der Waals surface area contributed by atoms with Gasteiger partial charge in [0, 0.05) is 13.0 Å². The molecule has 1 aliphatic heterocycles. The highest BCUT2D eigenvalue weighted by Crippen LogP contribution is 2.32. The van der Waals surface area contributed by atoms with Gasteiger partial charge in [0.05, 0.1) is 11.1 Å². The van der Waals surface area contributed by atoms with E-state index in [1.54, 1.807) is 6.07 Å². The number of hydrogen-bond donors (Lipinski definition) is 0. The fraction of sp³-hybridized carbons (Fsp3) is 0.300. The van der Waals surface area contributed by atoms with Gasteiger partial charge in [0.25, 0.3) is 0 Å². The monoisotopic (exact) mass is 247 g/mol. The molecular weight excluding hydrogens is 240 g/mol. The van der Waals surface area contributed by atoms with Crippen molar-refractivity contribution in [3.63, 3.8) is 0 Å². The van der Waals surface area contributed by atoms with Crippen molar-refractivity contribution in [2.75, 3.05) is 11.4 Å². The van der Waals surface area contributed by atoms with Crippen LogP contribution in [0.15, 0.2) is 18.2 Å². The number of halogens is 3. The Morgan fingerprint density at radius 3 is 2.80 bits per heavy atom. The molecule has 0 spiro atoms. The first-order valence-corrected chi connectivity index (χ1v) is 5.29. The van der Waals surface area contributed by atoms with Gasteiger partial charge < -0.3 is 4.90 Å². The summed E-state index contributed by atoms with van der Waals surface area (Å²) in [6.07, 6.45) is 0.272. The average molecular weight is 248 g/mol. The Hall–Kier alpha value is -0.800. The zero-order valence-electron chi connectivity index (χ0n) is 7.71. The van der Waals surface area contributed by atoms with Crippen LogP contribution in [-0.2, 0) is 4.79 Å². The van der Waals surface area contributed by atoms with E-state index < -0.39 is 5.82 Å². The number of nitrogens with zero attached hydrogens (tertiary/aromatic N) is 1. The molecule has 1 aromatic rings. The van der Waals surface area contributed by atoms with E-state index in [9.17, 15) is 9.18 Å². The SMILES string of the molecule is O=C1CC(Cl)CN1c1cccc(F)c1Cl. The van der Waals surface area contributed by atoms with Crippen LogP contribution in [0, 0.1) is 5.82 Å². The molecule has 0 aromatic heterocycles. The molecule has 0 saturated carbocycles. The summed E-state index contributed by atoms with van der Waals surface area (Å²) in [4.78, 5) is 12.9. The van der Waals surface area contributed by atoms with E-state index in [4.69, 9.17) is 23.2 Å². The van der Waals surface area contributed by atoms with Gasteiger partial charge in [-0.05, 0) is 12.1 Å². The minimum atomic E-state index is -0.528. The highest BCUT2D eigenvalue weighted by Gasteiger charge is 2.30. The van der Waals surface area contributed by atoms with Crippen LogP contribution in [0.25, 0.3) is 0 Å². The van der Waals surface area contributed by atoms with Gasteiger partial charge in [-0.1, -0.05) is 17.7 Å². The lowest BCUT2D eigenvalue weighted by atomic mass is 10.3. The van der Waals surface area contributed by atoms with Crippen molar-refractivity contribution in [2.45, 2.75) is 11.8 Å². The third-order valence-corrected chi connectivity index (χ3v) is 2.97. The van der Waals surface area contributed by atoms with Crippen molar-refractivity contribution >= 4 is 34.8 Å². The molecule has 1 unspecified atom stereocenters. The van der Waals surface area contributed by atoms with Crippen LogP contribution in [-0.4, -0.2) is 17.8 Å². The predicted octanol–water partition coefficient (Wildman–Crippen LogP) is 2.82. The summed E-state index contributed by atoms with van der Waals surface area (Å²) in [6.45, 7) is 0.379. The summed E-state index contributed by atoms with van der Waals surface area (Å²) in [5, 5.41) is -0.256. The van der Waals surface area contributed by atoms with Crippen LogP contribution in [0.1, 0.15) is 6.42 Å². The first kappa shape index (κ1) is 10.7. The number of amides is 1. The Labute approximate surface area is 96.6 Å². The Morgan fingerprint density at radius 2 is 2.20 bits per heavy atom. The van der Waals surface area contributed by atoms with E-state index in [1.165, 1.54) is 17.0 Å². The first-order chi connectivity index (χ1) is 7.09. The zero-order valence-corrected chi connectivity index (χ0v) is 9.22. The van der Waals surface area contributed by atoms with Gasteiger partial charge in [-0.15, -0.1) is 11.6 Å². The van der Waals surface area contributed by atoms with E-state index in [2.05, 4.69) is 0 Å². The highest BCUT2D eigenvalue weighted by atomic mass is 35.5. The average Bonchev–Trinajstić information content (AvgIpc) is 2.50. The number of anilines is 1. The summed E-state index contributed by atoms with van der Waals surface area (Å²) in [5.41, 5.74) is 0.393. The van der Waals surface area contributed by atoms with E-state index in [1.807, 2.05) is 0 Å². The van der Waals surface area contributed by atoms with Gasteiger partial charge in [0.1, 0.15) is 10.8 Å². The Balaban J connectivity index is 2.38. The number of carbonyl (C=O) groups excluding carboxylic acids is 1. The van der Waals surface area contributed by atoms with Crippen molar-refractivity contribution < 1.29 is 9.18 Å². The minimum Gasteiger partial charge on any atom is -0.309 e. The van der Waals surface area contributed by atoms with Gasteiger partial charge in [0.2, 0.25) is 5.91 Å². The van der Waals surface area contributed by atoms with E-state index in [-0.39, 0.29) is 22.7 Å². The summed E-state index contributed by atoms with van der Waals surface area (Å²) in [5.74, 6) is -0.650. The molecule has 1 aliphatic rings. The zero-order chi connectivity index (χ0) is 11.0. The van der Waals surface area contributed by atoms with Crippen molar-refractivity contribution in [1.29, 1.82) is 0 Å². The van der Waals surface area contributed by atoms with Crippen molar-refractivity contribution in [1.82, 2.24) is 0 Å². The number of alkyl halides is 1. The number of carbonyl (C=O) groups is 1. The quantitative estimate of drug-likeness (QED) is 0.700. The molecule has 5 heteroatoms. The summed E-state index contributed by atoms with van der Waals surface area (Å²) < 4.78 is 13.2. The van der Waals surface area contributed by atoms with Crippen LogP contribution in [0.5, 0.6) is 0 Å². The lowest BCUT2D eigenvalue weighted by Gasteiger charge is -2.17. The van der Waals surface area contributed by atoms with E-state index in [0.29, 0.717) is 12.2 Å². The highest BCUT2D eigenvalue weighted by molar-refractivity contribution is 6.34. The van der Waals surface area contributed by atoms with Crippen molar-refractivity contribution in [3.8, 4) is 0 Å². The summed E-state index contributed by atoms with van der Waals surface area (Å²) >= 11 is 11.6. The van der Waals surface area contributed by atoms with Gasteiger partial charge in [-0.25, -0.2) is 4.39 Å². The normalized spacial score (nSPS) is 21.1. The second-order valence-corrected chi connectivity index (χ2v) is 4.37. The molecule has 0 aliphatic carbocycles. The smallest absolute Gasteiger partial charge is 0.228 e. The number of hydrogen-bond acceptors (Lipinski definition) is 1. The molecule has 1 fully saturated rings. The van der Waals surface area contributed by atoms with Crippen LogP contribution >= 0.6 is 23.2 Å². The molecule has 1 heterocycles. The Kier molecular flexibility index (Phi) is 2.85. The standard InChI is InChI=1S/C10H8Cl2FNO/c11-6-4-9(15)14(5-6)8-3-1-2-7(13)10(8)12/h1-3,6H,4-5H2. The maximum Gasteiger partial charge on any atom is 0.228 e. The third kappa shape index (κ3) is 1.94. The lowest BCUT2D eigenvalue weighted by Crippen LogP contribution is -2.25. The molecule has 0 radical (unpaired) electrons. The molecule has 1 aromatic carbocycles. The van der Waals surface area contributed by atoms with Crippen molar-refractivity contribution in [2.24, 2.45) is 0 Å². The molecule has 1 amide bonds. The lowest BCUT2D eigenvalue weighted by molar-refractivity contribution is -0.117. The topological polar surface area (TPSA) is 20.3 Å². The number of rotatable bonds is 1. The van der Waals surface area contributed by atoms with E-state index >= 15 is 0 Å². The molecule has 1 saturated heterocycles. The van der Waals surface area contributed by atoms with Gasteiger partial charge in [-0.2, -0.15) is 0 Å². The Bertz CT molecular complexity index is 410. The second-order valence-electron chi connectivity index (χ2n) is 3.38. The third-order valence-electron chi connectivity index (χ3n) is 2.30. The Morgan fingerprint density at radius 1 is 1.47 bits per heavy atom. The maximum absolute atomic E-state index is 13.2. The van der Waals surface area contributed by atoms with Crippen LogP contribution in [0.4, 0.5) is 10.1 Å². The molecule has 15 heavy (non-hydrogen) atoms. The first-order valence-electron chi connectivity index (χ1n) is 4.48. The molecule has 1 atom stereocenters. The van der Waals surface area contributed by atoms with Gasteiger partial charge >= 0.3 is 0 Å². The largest absolute Gasteiger partial charge is 0.309 e. The number of benzene rings is 1. The molecule has 2 rings (SSSR count). The maximum atomic E-state index is 13.2. The van der Waals surface area contributed by atoms with Crippen molar-refractivity contribution in [3.05, 3.63) is 29.0 Å². The molecular formula is C10H8Cl2FNO. The minimum absolute atomic E-state index is 0.0309. The van der Waals surface area contributed by atoms with Gasteiger partial charge in [-0.3, -0.25) is 4.79 Å². The van der Waals surface area contributed by atoms with Crippen LogP contribution in [0.2, 0.25) is 5.02 Å². The van der Waals surface area contributed by atoms with Crippen LogP contribution in [0.3, 0.4) is 0 Å². The summed E-state index contributed by atoms with van der Waals surface area (Å²) in [6, 6.07) is 4.38. The fourth-order valence-corrected chi connectivity index (χ4v) is 2.10. The molecule has 80 valence electrons. The van der Waals surface area contributed by atoms with Crippen LogP contribution < -0.4 is 4.90 Å². The fourth-order valence-electron chi connectivity index (χ4n) is 1.60. The second kappa shape index (κ2) is 3.99. The molecule has 0 N–H and O–H groups in total. The molecule has 2 nitrogen and oxygen atoms in total. The van der Waals surface area contributed by atoms with Gasteiger partial charge in [0.15, 0.2) is 0 Å².